The van der Waals surface area contributed by atoms with Crippen molar-refractivity contribution in [3.63, 3.8) is 0 Å². The second kappa shape index (κ2) is 6.44. The van der Waals surface area contributed by atoms with E-state index in [0.29, 0.717) is 37.4 Å². The first-order valence-corrected chi connectivity index (χ1v) is 8.55. The average molecular weight is 312 g/mol. The van der Waals surface area contributed by atoms with Gasteiger partial charge in [0.2, 0.25) is 5.91 Å². The molecule has 6 nitrogen and oxygen atoms in total. The molecule has 0 unspecified atom stereocenters. The number of ether oxygens (including phenoxy) is 1. The van der Waals surface area contributed by atoms with E-state index in [4.69, 9.17) is 10.5 Å². The number of rotatable bonds is 4. The maximum Gasteiger partial charge on any atom is 0.239 e. The zero-order valence-corrected chi connectivity index (χ0v) is 12.8. The van der Waals surface area contributed by atoms with Gasteiger partial charge in [-0.3, -0.25) is 4.79 Å². The summed E-state index contributed by atoms with van der Waals surface area (Å²) in [6, 6.07) is 5.12. The molecule has 0 aliphatic carbocycles. The molecule has 1 aromatic rings. The molecule has 1 aliphatic rings. The lowest BCUT2D eigenvalue weighted by molar-refractivity contribution is -0.113. The van der Waals surface area contributed by atoms with Crippen molar-refractivity contribution in [2.75, 3.05) is 30.0 Å². The lowest BCUT2D eigenvalue weighted by Crippen LogP contribution is -2.34. The van der Waals surface area contributed by atoms with Gasteiger partial charge in [-0.05, 0) is 37.5 Å². The number of benzene rings is 1. The minimum absolute atomic E-state index is 0.430. The van der Waals surface area contributed by atoms with Gasteiger partial charge < -0.3 is 15.8 Å². The molecular formula is C14H20N2O4S. The van der Waals surface area contributed by atoms with E-state index in [1.54, 1.807) is 18.2 Å². The highest BCUT2D eigenvalue weighted by molar-refractivity contribution is 7.92. The van der Waals surface area contributed by atoms with Gasteiger partial charge in [0, 0.05) is 24.6 Å². The van der Waals surface area contributed by atoms with Crippen molar-refractivity contribution in [1.82, 2.24) is 0 Å². The first-order chi connectivity index (χ1) is 9.88. The van der Waals surface area contributed by atoms with Gasteiger partial charge in [-0.15, -0.1) is 0 Å². The van der Waals surface area contributed by atoms with E-state index in [1.165, 1.54) is 0 Å². The first-order valence-electron chi connectivity index (χ1n) is 6.84. The minimum atomic E-state index is -3.45. The number of carbonyl (C=O) groups is 1. The predicted molar refractivity (Wildman–Crippen MR) is 81.8 cm³/mol. The highest BCUT2D eigenvalue weighted by atomic mass is 32.2. The molecule has 1 saturated heterocycles. The molecule has 0 atom stereocenters. The van der Waals surface area contributed by atoms with Crippen LogP contribution >= 0.6 is 0 Å². The second-order valence-corrected chi connectivity index (χ2v) is 7.52. The molecule has 1 aromatic carbocycles. The summed E-state index contributed by atoms with van der Waals surface area (Å²) < 4.78 is 29.5. The van der Waals surface area contributed by atoms with Crippen molar-refractivity contribution in [2.24, 2.45) is 0 Å². The van der Waals surface area contributed by atoms with Crippen molar-refractivity contribution in [2.45, 2.75) is 25.0 Å². The minimum Gasteiger partial charge on any atom is -0.399 e. The third-order valence-corrected chi connectivity index (χ3v) is 5.70. The van der Waals surface area contributed by atoms with Gasteiger partial charge in [-0.2, -0.15) is 0 Å². The van der Waals surface area contributed by atoms with Crippen LogP contribution in [0.2, 0.25) is 0 Å². The lowest BCUT2D eigenvalue weighted by atomic mass is 10.2. The molecule has 21 heavy (non-hydrogen) atoms. The van der Waals surface area contributed by atoms with Gasteiger partial charge >= 0.3 is 0 Å². The summed E-state index contributed by atoms with van der Waals surface area (Å²) in [7, 11) is -3.45. The second-order valence-electron chi connectivity index (χ2n) is 5.24. The normalized spacial score (nSPS) is 16.6. The summed E-state index contributed by atoms with van der Waals surface area (Å²) in [4.78, 5) is 12.0. The van der Waals surface area contributed by atoms with E-state index < -0.39 is 26.7 Å². The Morgan fingerprint density at radius 3 is 2.71 bits per heavy atom. The Hall–Kier alpha value is -1.60. The molecule has 0 spiro atoms. The van der Waals surface area contributed by atoms with Crippen molar-refractivity contribution in [3.05, 3.63) is 23.8 Å². The average Bonchev–Trinajstić information content (AvgIpc) is 2.43. The highest BCUT2D eigenvalue weighted by Crippen LogP contribution is 2.20. The molecule has 116 valence electrons. The quantitative estimate of drug-likeness (QED) is 0.812. The molecule has 1 fully saturated rings. The van der Waals surface area contributed by atoms with Crippen LogP contribution in [-0.2, 0) is 19.4 Å². The topological polar surface area (TPSA) is 98.5 Å². The summed E-state index contributed by atoms with van der Waals surface area (Å²) in [5, 5.41) is 2.13. The Balaban J connectivity index is 2.02. The van der Waals surface area contributed by atoms with E-state index in [2.05, 4.69) is 5.32 Å². The molecule has 1 aliphatic heterocycles. The van der Waals surface area contributed by atoms with Gasteiger partial charge in [-0.25, -0.2) is 8.42 Å². The van der Waals surface area contributed by atoms with Crippen LogP contribution in [-0.4, -0.2) is 38.5 Å². The van der Waals surface area contributed by atoms with Gasteiger partial charge in [0.25, 0.3) is 0 Å². The number of sulfone groups is 1. The molecule has 0 saturated carbocycles. The number of anilines is 2. The van der Waals surface area contributed by atoms with Crippen LogP contribution < -0.4 is 11.1 Å². The van der Waals surface area contributed by atoms with Crippen LogP contribution in [0.15, 0.2) is 18.2 Å². The van der Waals surface area contributed by atoms with Crippen molar-refractivity contribution < 1.29 is 17.9 Å². The number of nitrogens with one attached hydrogen (secondary N) is 1. The number of hydrogen-bond donors (Lipinski definition) is 2. The fraction of sp³-hybridized carbons (Fsp3) is 0.500. The van der Waals surface area contributed by atoms with E-state index in [0.717, 1.165) is 5.56 Å². The number of carbonyl (C=O) groups excluding carboxylic acids is 1. The Kier molecular flexibility index (Phi) is 4.84. The Labute approximate surface area is 124 Å². The standard InChI is InChI=1S/C14H20N2O4S/c1-10-2-3-11(15)8-13(10)16-14(17)9-21(18,19)12-4-6-20-7-5-12/h2-3,8,12H,4-7,9,15H2,1H3,(H,16,17). The van der Waals surface area contributed by atoms with Crippen LogP contribution in [0.5, 0.6) is 0 Å². The van der Waals surface area contributed by atoms with Crippen LogP contribution in [0.3, 0.4) is 0 Å². The lowest BCUT2D eigenvalue weighted by Gasteiger charge is -2.21. The van der Waals surface area contributed by atoms with Crippen molar-refractivity contribution in [3.8, 4) is 0 Å². The summed E-state index contributed by atoms with van der Waals surface area (Å²) in [5.41, 5.74) is 7.56. The summed E-state index contributed by atoms with van der Waals surface area (Å²) in [6.45, 7) is 2.68. The van der Waals surface area contributed by atoms with Crippen LogP contribution in [0.1, 0.15) is 18.4 Å². The molecule has 0 bridgehead atoms. The predicted octanol–water partition coefficient (Wildman–Crippen LogP) is 1.11. The zero-order valence-electron chi connectivity index (χ0n) is 12.0. The third kappa shape index (κ3) is 4.18. The van der Waals surface area contributed by atoms with E-state index in [9.17, 15) is 13.2 Å². The van der Waals surface area contributed by atoms with E-state index >= 15 is 0 Å². The molecule has 1 heterocycles. The molecule has 0 aromatic heterocycles. The number of nitrogen functional groups attached to an aromatic ring is 1. The van der Waals surface area contributed by atoms with Crippen LogP contribution in [0.25, 0.3) is 0 Å². The van der Waals surface area contributed by atoms with Gasteiger partial charge in [0.1, 0.15) is 5.75 Å². The fourth-order valence-electron chi connectivity index (χ4n) is 2.30. The van der Waals surface area contributed by atoms with Crippen LogP contribution in [0.4, 0.5) is 11.4 Å². The van der Waals surface area contributed by atoms with Gasteiger partial charge in [-0.1, -0.05) is 6.07 Å². The Morgan fingerprint density at radius 1 is 1.38 bits per heavy atom. The van der Waals surface area contributed by atoms with Gasteiger partial charge in [0.15, 0.2) is 9.84 Å². The molecule has 2 rings (SSSR count). The first kappa shape index (κ1) is 15.8. The summed E-state index contributed by atoms with van der Waals surface area (Å²) in [6.07, 6.45) is 0.903. The Bertz CT molecular complexity index is 622. The summed E-state index contributed by atoms with van der Waals surface area (Å²) in [5.74, 6) is -1.04. The number of nitrogens with two attached hydrogens (primary N) is 1. The zero-order chi connectivity index (χ0) is 15.5. The monoisotopic (exact) mass is 312 g/mol. The van der Waals surface area contributed by atoms with E-state index in [1.807, 2.05) is 6.92 Å². The van der Waals surface area contributed by atoms with Gasteiger partial charge in [0.05, 0.1) is 5.25 Å². The van der Waals surface area contributed by atoms with Crippen LogP contribution in [0, 0.1) is 6.92 Å². The van der Waals surface area contributed by atoms with Crippen molar-refractivity contribution >= 4 is 27.1 Å². The van der Waals surface area contributed by atoms with Crippen molar-refractivity contribution in [1.29, 1.82) is 0 Å². The Morgan fingerprint density at radius 2 is 2.05 bits per heavy atom. The SMILES string of the molecule is Cc1ccc(N)cc1NC(=O)CS(=O)(=O)C1CCOCC1. The molecule has 0 radical (unpaired) electrons. The number of amides is 1. The maximum atomic E-state index is 12.2. The smallest absolute Gasteiger partial charge is 0.239 e. The molecule has 1 amide bonds. The molecule has 7 heteroatoms. The fourth-order valence-corrected chi connectivity index (χ4v) is 3.88. The largest absolute Gasteiger partial charge is 0.399 e. The summed E-state index contributed by atoms with van der Waals surface area (Å²) >= 11 is 0. The van der Waals surface area contributed by atoms with E-state index in [-0.39, 0.29) is 0 Å². The molecular weight excluding hydrogens is 292 g/mol. The number of aryl methyl sites for hydroxylation is 1. The third-order valence-electron chi connectivity index (χ3n) is 3.54. The molecule has 3 N–H and O–H groups in total. The highest BCUT2D eigenvalue weighted by Gasteiger charge is 2.29. The number of hydrogen-bond acceptors (Lipinski definition) is 5. The maximum absolute atomic E-state index is 12.2.